The zero-order chi connectivity index (χ0) is 56.3. The minimum absolute atomic E-state index is 0.0682. The molecule has 0 saturated carbocycles. The molecule has 0 spiro atoms. The Morgan fingerprint density at radius 3 is 1.81 bits per heavy atom. The van der Waals surface area contributed by atoms with Crippen LogP contribution in [0.5, 0.6) is 11.5 Å². The van der Waals surface area contributed by atoms with Gasteiger partial charge in [0.15, 0.2) is 0 Å². The van der Waals surface area contributed by atoms with Gasteiger partial charge >= 0.3 is 0 Å². The van der Waals surface area contributed by atoms with Crippen LogP contribution in [0.1, 0.15) is 139 Å². The van der Waals surface area contributed by atoms with E-state index in [1.165, 1.54) is 22.3 Å². The van der Waals surface area contributed by atoms with Crippen LogP contribution in [0.4, 0.5) is 0 Å². The zero-order valence-corrected chi connectivity index (χ0v) is 45.4. The Morgan fingerprint density at radius 2 is 1.14 bits per heavy atom. The lowest BCUT2D eigenvalue weighted by molar-refractivity contribution is -0.572. The summed E-state index contributed by atoms with van der Waals surface area (Å²) in [6.45, 7) is 33.9. The van der Waals surface area contributed by atoms with Crippen LogP contribution in [-0.4, -0.2) is 14.1 Å². The van der Waals surface area contributed by atoms with Gasteiger partial charge in [0.2, 0.25) is 0 Å². The highest BCUT2D eigenvalue weighted by Gasteiger charge is 2.30. The van der Waals surface area contributed by atoms with E-state index in [1.54, 1.807) is 0 Å². The van der Waals surface area contributed by atoms with Gasteiger partial charge in [0, 0.05) is 23.0 Å². The summed E-state index contributed by atoms with van der Waals surface area (Å²) in [5.74, 6) is 2.09. The topological polar surface area (TPSA) is 35.9 Å². The molecule has 10 aromatic rings. The fourth-order valence-electron chi connectivity index (χ4n) is 9.86. The molecule has 7 aromatic carbocycles. The molecule has 5 nitrogen and oxygen atoms in total. The fourth-order valence-corrected chi connectivity index (χ4v) is 9.86. The normalized spacial score (nSPS) is 13.8. The highest BCUT2D eigenvalue weighted by Crippen LogP contribution is 2.43. The third-order valence-electron chi connectivity index (χ3n) is 14.2. The number of imidazole rings is 1. The van der Waals surface area contributed by atoms with Crippen molar-refractivity contribution >= 4 is 32.8 Å². The van der Waals surface area contributed by atoms with E-state index >= 15 is 0 Å². The summed E-state index contributed by atoms with van der Waals surface area (Å²) in [4.78, 5) is 4.90. The lowest BCUT2D eigenvalue weighted by Crippen LogP contribution is -2.35. The van der Waals surface area contributed by atoms with Gasteiger partial charge in [0.25, 0.3) is 6.33 Å². The molecule has 0 aliphatic heterocycles. The van der Waals surface area contributed by atoms with Gasteiger partial charge in [0.05, 0.1) is 40.3 Å². The average molecular weight is 966 g/mol. The maximum atomic E-state index is 9.05. The quantitative estimate of drug-likeness (QED) is 0.118. The first-order chi connectivity index (χ1) is 36.4. The van der Waals surface area contributed by atoms with Crippen molar-refractivity contribution in [1.82, 2.24) is 14.1 Å². The molecule has 10 rings (SSSR count). The molecule has 0 bridgehead atoms. The number of para-hydroxylation sites is 1. The molecule has 370 valence electrons. The van der Waals surface area contributed by atoms with Gasteiger partial charge in [-0.1, -0.05) is 201 Å². The molecule has 0 aliphatic rings. The van der Waals surface area contributed by atoms with Gasteiger partial charge in [-0.05, 0) is 132 Å². The van der Waals surface area contributed by atoms with Crippen molar-refractivity contribution in [3.05, 3.63) is 198 Å². The number of benzene rings is 7. The second kappa shape index (κ2) is 17.8. The van der Waals surface area contributed by atoms with Crippen LogP contribution in [0, 0.1) is 6.33 Å². The maximum absolute atomic E-state index is 9.05. The van der Waals surface area contributed by atoms with Crippen molar-refractivity contribution < 1.29 is 16.2 Å². The molecule has 0 aliphatic carbocycles. The molecule has 0 fully saturated rings. The molecule has 0 saturated heterocycles. The van der Waals surface area contributed by atoms with Crippen LogP contribution in [0.2, 0.25) is 0 Å². The monoisotopic (exact) mass is 966 g/mol. The van der Waals surface area contributed by atoms with Gasteiger partial charge < -0.3 is 4.74 Å². The van der Waals surface area contributed by atoms with Crippen molar-refractivity contribution in [3.8, 4) is 50.9 Å². The van der Waals surface area contributed by atoms with E-state index in [0.29, 0.717) is 17.1 Å². The summed E-state index contributed by atoms with van der Waals surface area (Å²) in [6, 6.07) is 42.7. The Bertz CT molecular complexity index is 3970. The van der Waals surface area contributed by atoms with Gasteiger partial charge in [-0.2, -0.15) is 0 Å². The average Bonchev–Trinajstić information content (AvgIpc) is 4.15. The second-order valence-corrected chi connectivity index (χ2v) is 25.0. The molecule has 5 heteroatoms. The third-order valence-corrected chi connectivity index (χ3v) is 14.2. The van der Waals surface area contributed by atoms with Crippen LogP contribution in [0.3, 0.4) is 0 Å². The first kappa shape index (κ1) is 43.4. The predicted molar refractivity (Wildman–Crippen MR) is 307 cm³/mol. The van der Waals surface area contributed by atoms with E-state index < -0.39 is 6.04 Å². The first-order valence-corrected chi connectivity index (χ1v) is 25.6. The summed E-state index contributed by atoms with van der Waals surface area (Å²) in [6.07, 6.45) is 5.76. The second-order valence-electron chi connectivity index (χ2n) is 25.0. The van der Waals surface area contributed by atoms with Crippen LogP contribution in [-0.2, 0) is 27.1 Å². The van der Waals surface area contributed by atoms with Crippen molar-refractivity contribution in [2.24, 2.45) is 0 Å². The van der Waals surface area contributed by atoms with Crippen molar-refractivity contribution in [2.45, 2.75) is 131 Å². The zero-order valence-electron chi connectivity index (χ0n) is 50.4. The minimum atomic E-state index is -0.431. The fraction of sp³-hybridized carbons (Fsp3) is 0.294. The highest BCUT2D eigenvalue weighted by atomic mass is 16.5. The Balaban J connectivity index is 1.22. The van der Waals surface area contributed by atoms with Crippen molar-refractivity contribution in [3.63, 3.8) is 0 Å². The largest absolute Gasteiger partial charge is 0.458 e. The summed E-state index contributed by atoms with van der Waals surface area (Å²) in [5.41, 5.74) is 13.3. The summed E-state index contributed by atoms with van der Waals surface area (Å²) < 4.78 is 57.0. The van der Waals surface area contributed by atoms with Crippen molar-refractivity contribution in [1.29, 1.82) is 0 Å². The Hall–Kier alpha value is -7.24. The summed E-state index contributed by atoms with van der Waals surface area (Å²) in [7, 11) is 0. The molecule has 0 atom stereocenters. The van der Waals surface area contributed by atoms with Gasteiger partial charge in [-0.3, -0.25) is 13.7 Å². The standard InChI is InChI=1S/C68H72N4O/c1-64(2,3)47-32-33-69-62(40-47)72-58-27-20-19-26-54(58)55-30-29-53(42-60(55)72)73-52-25-21-24-51(41-52)70-43-71(59-31-28-45(36-61(59)70)44-22-17-16-18-23-44)63-56(38-50(67(10,11)12)39-57(63)68(13,14)15)46-34-48(65(4,5)6)37-49(35-46)66(7,8)9/h16-42H,1-15H3/i16D,17D,18D,22D,23D. The smallest absolute Gasteiger partial charge is 0.269 e. The van der Waals surface area contributed by atoms with Gasteiger partial charge in [-0.25, -0.2) is 4.98 Å². The SMILES string of the molecule is [2H]c1c([2H])c([2H])c(-c2ccc3c(c2)n(-c2cccc(Oc4ccc5c6ccccc6n(-c6cc(C(C)(C)C)ccn6)c5c4)c2)[c-][n+]3-c2c(-c3cc(C(C)(C)C)cc(C(C)(C)C)c3)cc(C(C)(C)C)cc2C(C)(C)C)c([2H])c1[2H]. The number of aromatic nitrogens is 4. The van der Waals surface area contributed by atoms with Crippen molar-refractivity contribution in [2.75, 3.05) is 0 Å². The third kappa shape index (κ3) is 9.51. The molecule has 0 N–H and O–H groups in total. The van der Waals surface area contributed by atoms with E-state index in [-0.39, 0.29) is 56.8 Å². The molecule has 0 radical (unpaired) electrons. The molecule has 3 heterocycles. The molecular formula is C68H72N4O. The number of hydrogen-bond acceptors (Lipinski definition) is 2. The van der Waals surface area contributed by atoms with Crippen LogP contribution in [0.25, 0.3) is 72.3 Å². The predicted octanol–water partition coefficient (Wildman–Crippen LogP) is 17.8. The molecule has 73 heavy (non-hydrogen) atoms. The Kier molecular flexibility index (Phi) is 10.5. The molecule has 0 unspecified atom stereocenters. The molecule has 0 amide bonds. The Morgan fingerprint density at radius 1 is 0.493 bits per heavy atom. The van der Waals surface area contributed by atoms with Gasteiger partial charge in [0.1, 0.15) is 17.3 Å². The number of fused-ring (bicyclic) bond motifs is 4. The molecular weight excluding hydrogens is 889 g/mol. The first-order valence-electron chi connectivity index (χ1n) is 28.1. The summed E-state index contributed by atoms with van der Waals surface area (Å²) >= 11 is 0. The van der Waals surface area contributed by atoms with E-state index in [0.717, 1.165) is 66.7 Å². The van der Waals surface area contributed by atoms with Crippen LogP contribution >= 0.6 is 0 Å². The number of pyridine rings is 1. The lowest BCUT2D eigenvalue weighted by atomic mass is 9.75. The van der Waals surface area contributed by atoms with Crippen LogP contribution < -0.4 is 9.30 Å². The van der Waals surface area contributed by atoms with Gasteiger partial charge in [-0.15, -0.1) is 0 Å². The Labute approximate surface area is 441 Å². The number of ether oxygens (including phenoxy) is 1. The highest BCUT2D eigenvalue weighted by molar-refractivity contribution is 6.09. The van der Waals surface area contributed by atoms with E-state index in [2.05, 4.69) is 198 Å². The lowest BCUT2D eigenvalue weighted by Gasteiger charge is -2.31. The van der Waals surface area contributed by atoms with E-state index in [4.69, 9.17) is 16.6 Å². The maximum Gasteiger partial charge on any atom is 0.269 e. The molecule has 3 aromatic heterocycles. The van der Waals surface area contributed by atoms with E-state index in [9.17, 15) is 0 Å². The number of rotatable bonds is 7. The number of hydrogen-bond donors (Lipinski definition) is 0. The minimum Gasteiger partial charge on any atom is -0.458 e. The number of nitrogens with zero attached hydrogens (tertiary/aromatic N) is 4. The van der Waals surface area contributed by atoms with Crippen LogP contribution in [0.15, 0.2) is 164 Å². The van der Waals surface area contributed by atoms with E-state index in [1.807, 2.05) is 59.3 Å². The summed E-state index contributed by atoms with van der Waals surface area (Å²) in [5, 5.41) is 2.21.